The summed E-state index contributed by atoms with van der Waals surface area (Å²) in [7, 11) is 3.25. The highest BCUT2D eigenvalue weighted by Gasteiger charge is 2.28. The van der Waals surface area contributed by atoms with Crippen molar-refractivity contribution in [1.29, 1.82) is 0 Å². The van der Waals surface area contributed by atoms with Gasteiger partial charge in [-0.1, -0.05) is 0 Å². The Hall–Kier alpha value is -4.13. The van der Waals surface area contributed by atoms with E-state index in [1.807, 2.05) is 30.0 Å². The molecule has 0 aliphatic carbocycles. The van der Waals surface area contributed by atoms with Gasteiger partial charge in [0.2, 0.25) is 0 Å². The average molecular weight is 561 g/mol. The number of hydrogen-bond donors (Lipinski definition) is 1. The van der Waals surface area contributed by atoms with Crippen LogP contribution in [0.1, 0.15) is 23.0 Å². The van der Waals surface area contributed by atoms with Crippen molar-refractivity contribution in [2.75, 3.05) is 58.5 Å². The number of carbonyl (C=O) groups excluding carboxylic acids is 1. The molecule has 214 valence electrons. The van der Waals surface area contributed by atoms with E-state index >= 15 is 0 Å². The predicted octanol–water partition coefficient (Wildman–Crippen LogP) is 3.57. The van der Waals surface area contributed by atoms with Crippen LogP contribution < -0.4 is 24.4 Å². The van der Waals surface area contributed by atoms with Crippen molar-refractivity contribution >= 4 is 11.7 Å². The topological polar surface area (TPSA) is 102 Å². The number of amides is 1. The molecule has 1 aliphatic heterocycles. The molecule has 2 aromatic heterocycles. The van der Waals surface area contributed by atoms with Crippen LogP contribution in [0, 0.1) is 0 Å². The summed E-state index contributed by atoms with van der Waals surface area (Å²) < 4.78 is 54.1. The van der Waals surface area contributed by atoms with Crippen molar-refractivity contribution in [3.63, 3.8) is 0 Å². The lowest BCUT2D eigenvalue weighted by Gasteiger charge is -2.35. The van der Waals surface area contributed by atoms with Gasteiger partial charge in [-0.2, -0.15) is 13.2 Å². The van der Waals surface area contributed by atoms with E-state index in [2.05, 4.69) is 20.1 Å². The number of aromatic nitrogens is 3. The molecule has 0 unspecified atom stereocenters. The summed E-state index contributed by atoms with van der Waals surface area (Å²) in [5.74, 6) is 1.71. The van der Waals surface area contributed by atoms with Crippen LogP contribution in [0.25, 0.3) is 11.1 Å². The molecular weight excluding hydrogens is 529 g/mol. The smallest absolute Gasteiger partial charge is 0.405 e. The summed E-state index contributed by atoms with van der Waals surface area (Å²) in [6, 6.07) is 8.81. The van der Waals surface area contributed by atoms with Gasteiger partial charge in [0.1, 0.15) is 23.8 Å². The van der Waals surface area contributed by atoms with Gasteiger partial charge in [0.15, 0.2) is 11.5 Å². The molecule has 0 spiro atoms. The van der Waals surface area contributed by atoms with E-state index in [-0.39, 0.29) is 5.69 Å². The average Bonchev–Trinajstić information content (AvgIpc) is 2.96. The molecule has 10 nitrogen and oxygen atoms in total. The van der Waals surface area contributed by atoms with E-state index in [4.69, 9.17) is 14.2 Å². The fraction of sp³-hybridized carbons (Fsp3) is 0.407. The van der Waals surface area contributed by atoms with Crippen LogP contribution in [0.15, 0.2) is 42.7 Å². The Morgan fingerprint density at radius 1 is 0.975 bits per heavy atom. The first-order valence-corrected chi connectivity index (χ1v) is 12.7. The molecule has 0 bridgehead atoms. The quantitative estimate of drug-likeness (QED) is 0.399. The van der Waals surface area contributed by atoms with Gasteiger partial charge in [-0.25, -0.2) is 0 Å². The zero-order valence-corrected chi connectivity index (χ0v) is 22.5. The number of hydrogen-bond acceptors (Lipinski definition) is 9. The number of benzene rings is 1. The second-order valence-corrected chi connectivity index (χ2v) is 9.04. The molecule has 40 heavy (non-hydrogen) atoms. The highest BCUT2D eigenvalue weighted by Crippen LogP contribution is 2.36. The molecule has 1 aliphatic rings. The molecule has 4 rings (SSSR count). The monoisotopic (exact) mass is 560 g/mol. The summed E-state index contributed by atoms with van der Waals surface area (Å²) in [5.41, 5.74) is 2.53. The number of piperazine rings is 1. The van der Waals surface area contributed by atoms with Crippen molar-refractivity contribution in [3.8, 4) is 28.4 Å². The van der Waals surface area contributed by atoms with Gasteiger partial charge in [0.25, 0.3) is 5.91 Å². The Balaban J connectivity index is 1.40. The number of ether oxygens (including phenoxy) is 3. The van der Waals surface area contributed by atoms with Crippen LogP contribution in [-0.4, -0.2) is 85.7 Å². The normalized spacial score (nSPS) is 14.1. The standard InChI is InChI=1S/C27H31F3N6O4/c1-4-40-20-11-19(14-31-15-20)18-12-23(38-2)21(24(13-18)39-3)16-35-7-9-36(10-8-35)25-6-5-22(33-34-25)26(37)32-17-27(28,29)30/h5-6,11-15H,4,7-10,16-17H2,1-3H3,(H,32,37). The lowest BCUT2D eigenvalue weighted by molar-refractivity contribution is -0.123. The van der Waals surface area contributed by atoms with Crippen molar-refractivity contribution in [2.24, 2.45) is 0 Å². The lowest BCUT2D eigenvalue weighted by Crippen LogP contribution is -2.46. The number of alkyl halides is 3. The first-order valence-electron chi connectivity index (χ1n) is 12.7. The maximum Gasteiger partial charge on any atom is 0.405 e. The van der Waals surface area contributed by atoms with E-state index in [0.29, 0.717) is 62.4 Å². The van der Waals surface area contributed by atoms with E-state index in [1.165, 1.54) is 6.07 Å². The fourth-order valence-corrected chi connectivity index (χ4v) is 4.37. The minimum atomic E-state index is -4.49. The second-order valence-electron chi connectivity index (χ2n) is 9.04. The summed E-state index contributed by atoms with van der Waals surface area (Å²) in [6.07, 6.45) is -1.06. The highest BCUT2D eigenvalue weighted by molar-refractivity contribution is 5.92. The third-order valence-corrected chi connectivity index (χ3v) is 6.38. The van der Waals surface area contributed by atoms with Gasteiger partial charge >= 0.3 is 6.18 Å². The number of rotatable bonds is 10. The van der Waals surface area contributed by atoms with Crippen molar-refractivity contribution in [2.45, 2.75) is 19.6 Å². The van der Waals surface area contributed by atoms with Crippen LogP contribution in [0.2, 0.25) is 0 Å². The molecular formula is C27H31F3N6O4. The lowest BCUT2D eigenvalue weighted by atomic mass is 10.0. The number of halogens is 3. The Bertz CT molecular complexity index is 1270. The summed E-state index contributed by atoms with van der Waals surface area (Å²) in [5, 5.41) is 9.64. The molecule has 3 heterocycles. The molecule has 1 amide bonds. The molecule has 0 atom stereocenters. The summed E-state index contributed by atoms with van der Waals surface area (Å²) in [6.45, 7) is 4.36. The number of pyridine rings is 1. The van der Waals surface area contributed by atoms with Crippen LogP contribution >= 0.6 is 0 Å². The second kappa shape index (κ2) is 12.8. The molecule has 0 radical (unpaired) electrons. The maximum atomic E-state index is 12.3. The minimum Gasteiger partial charge on any atom is -0.496 e. The molecule has 1 saturated heterocycles. The van der Waals surface area contributed by atoms with Crippen molar-refractivity contribution < 1.29 is 32.2 Å². The number of carbonyl (C=O) groups is 1. The Labute approximate surface area is 230 Å². The number of methoxy groups -OCH3 is 2. The van der Waals surface area contributed by atoms with Gasteiger partial charge in [-0.05, 0) is 42.8 Å². The Morgan fingerprint density at radius 3 is 2.25 bits per heavy atom. The van der Waals surface area contributed by atoms with Gasteiger partial charge in [0, 0.05) is 44.5 Å². The highest BCUT2D eigenvalue weighted by atomic mass is 19.4. The van der Waals surface area contributed by atoms with E-state index < -0.39 is 18.6 Å². The Morgan fingerprint density at radius 2 is 1.68 bits per heavy atom. The molecule has 1 aromatic carbocycles. The van der Waals surface area contributed by atoms with E-state index in [1.54, 1.807) is 38.0 Å². The number of nitrogens with zero attached hydrogens (tertiary/aromatic N) is 5. The third kappa shape index (κ3) is 7.29. The van der Waals surface area contributed by atoms with Crippen molar-refractivity contribution in [3.05, 3.63) is 54.0 Å². The first-order chi connectivity index (χ1) is 19.2. The predicted molar refractivity (Wildman–Crippen MR) is 142 cm³/mol. The molecule has 13 heteroatoms. The van der Waals surface area contributed by atoms with Crippen molar-refractivity contribution in [1.82, 2.24) is 25.4 Å². The van der Waals surface area contributed by atoms with Crippen LogP contribution in [-0.2, 0) is 6.54 Å². The molecule has 1 N–H and O–H groups in total. The van der Waals surface area contributed by atoms with Gasteiger partial charge in [-0.15, -0.1) is 10.2 Å². The zero-order chi connectivity index (χ0) is 28.7. The molecule has 3 aromatic rings. The number of anilines is 1. The SMILES string of the molecule is CCOc1cncc(-c2cc(OC)c(CN3CCN(c4ccc(C(=O)NCC(F)(F)F)nn4)CC3)c(OC)c2)c1. The van der Waals surface area contributed by atoms with Gasteiger partial charge in [0.05, 0.1) is 32.6 Å². The minimum absolute atomic E-state index is 0.172. The van der Waals surface area contributed by atoms with E-state index in [9.17, 15) is 18.0 Å². The number of nitrogens with one attached hydrogen (secondary N) is 1. The molecule has 0 saturated carbocycles. The maximum absolute atomic E-state index is 12.3. The van der Waals surface area contributed by atoms with E-state index in [0.717, 1.165) is 16.7 Å². The van der Waals surface area contributed by atoms with Gasteiger partial charge in [-0.3, -0.25) is 14.7 Å². The largest absolute Gasteiger partial charge is 0.496 e. The molecule has 1 fully saturated rings. The van der Waals surface area contributed by atoms with Crippen LogP contribution in [0.4, 0.5) is 19.0 Å². The van der Waals surface area contributed by atoms with Gasteiger partial charge < -0.3 is 24.4 Å². The van der Waals surface area contributed by atoms with Crippen LogP contribution in [0.5, 0.6) is 17.2 Å². The summed E-state index contributed by atoms with van der Waals surface area (Å²) in [4.78, 5) is 20.4. The van der Waals surface area contributed by atoms with Crippen LogP contribution in [0.3, 0.4) is 0 Å². The third-order valence-electron chi connectivity index (χ3n) is 6.38. The summed E-state index contributed by atoms with van der Waals surface area (Å²) >= 11 is 0. The first kappa shape index (κ1) is 28.9. The fourth-order valence-electron chi connectivity index (χ4n) is 4.37. The Kier molecular flexibility index (Phi) is 9.25. The zero-order valence-electron chi connectivity index (χ0n) is 22.5.